The molecule has 24 heavy (non-hydrogen) atoms. The summed E-state index contributed by atoms with van der Waals surface area (Å²) in [7, 11) is 1.64. The second-order valence-electron chi connectivity index (χ2n) is 5.39. The number of carbonyl (C=O) groups is 1. The Hall–Kier alpha value is -2.46. The maximum atomic E-state index is 12.1. The Balaban J connectivity index is 1.55. The number of thioether (sulfide) groups is 1. The Kier molecular flexibility index (Phi) is 5.39. The van der Waals surface area contributed by atoms with Gasteiger partial charge in [0.15, 0.2) is 0 Å². The van der Waals surface area contributed by atoms with Gasteiger partial charge in [0.05, 0.1) is 12.9 Å². The van der Waals surface area contributed by atoms with Gasteiger partial charge in [-0.15, -0.1) is 11.8 Å². The van der Waals surface area contributed by atoms with E-state index >= 15 is 0 Å². The van der Waals surface area contributed by atoms with Crippen LogP contribution in [0.1, 0.15) is 5.56 Å². The highest BCUT2D eigenvalue weighted by atomic mass is 32.2. The monoisotopic (exact) mass is 337 g/mol. The molecule has 3 aromatic carbocycles. The highest BCUT2D eigenvalue weighted by Gasteiger charge is 2.06. The molecule has 0 aliphatic heterocycles. The van der Waals surface area contributed by atoms with Crippen LogP contribution in [-0.4, -0.2) is 18.8 Å². The lowest BCUT2D eigenvalue weighted by molar-refractivity contribution is -0.118. The molecular formula is C20H19NO2S. The lowest BCUT2D eigenvalue weighted by Gasteiger charge is -2.09. The van der Waals surface area contributed by atoms with Gasteiger partial charge < -0.3 is 10.1 Å². The molecule has 4 heteroatoms. The average Bonchev–Trinajstić information content (AvgIpc) is 2.64. The number of nitrogens with one attached hydrogen (secondary N) is 1. The molecule has 0 bridgehead atoms. The van der Waals surface area contributed by atoms with E-state index in [0.29, 0.717) is 12.3 Å². The molecule has 0 aliphatic carbocycles. The molecule has 0 fully saturated rings. The Morgan fingerprint density at radius 1 is 1.00 bits per heavy atom. The van der Waals surface area contributed by atoms with E-state index in [4.69, 9.17) is 4.74 Å². The van der Waals surface area contributed by atoms with Crippen LogP contribution in [0.5, 0.6) is 5.75 Å². The standard InChI is InChI=1S/C20H19NO2S/c1-23-19-9-5-4-8-17(19)13-21-20(22)14-24-18-11-10-15-6-2-3-7-16(15)12-18/h2-12H,13-14H2,1H3,(H,21,22). The Morgan fingerprint density at radius 2 is 1.75 bits per heavy atom. The van der Waals surface area contributed by atoms with Crippen LogP contribution in [0, 0.1) is 0 Å². The third-order valence-electron chi connectivity index (χ3n) is 3.76. The minimum atomic E-state index is 0.0130. The molecule has 0 aromatic heterocycles. The van der Waals surface area contributed by atoms with Gasteiger partial charge in [-0.3, -0.25) is 4.79 Å². The van der Waals surface area contributed by atoms with Crippen LogP contribution < -0.4 is 10.1 Å². The zero-order chi connectivity index (χ0) is 16.8. The number of rotatable bonds is 6. The van der Waals surface area contributed by atoms with Crippen molar-refractivity contribution in [3.63, 3.8) is 0 Å². The molecule has 0 heterocycles. The molecule has 0 saturated heterocycles. The molecule has 1 N–H and O–H groups in total. The van der Waals surface area contributed by atoms with Crippen molar-refractivity contribution in [2.45, 2.75) is 11.4 Å². The van der Waals surface area contributed by atoms with Crippen molar-refractivity contribution in [2.24, 2.45) is 0 Å². The smallest absolute Gasteiger partial charge is 0.230 e. The molecule has 3 nitrogen and oxygen atoms in total. The first-order chi connectivity index (χ1) is 11.8. The molecule has 3 rings (SSSR count). The minimum absolute atomic E-state index is 0.0130. The first-order valence-corrected chi connectivity index (χ1v) is 8.75. The van der Waals surface area contributed by atoms with Crippen molar-refractivity contribution >= 4 is 28.4 Å². The molecule has 3 aromatic rings. The second kappa shape index (κ2) is 7.88. The van der Waals surface area contributed by atoms with E-state index in [2.05, 4.69) is 35.6 Å². The zero-order valence-corrected chi connectivity index (χ0v) is 14.3. The van der Waals surface area contributed by atoms with Crippen molar-refractivity contribution < 1.29 is 9.53 Å². The Morgan fingerprint density at radius 3 is 2.58 bits per heavy atom. The number of methoxy groups -OCH3 is 1. The molecule has 0 atom stereocenters. The predicted octanol–water partition coefficient (Wildman–Crippen LogP) is 4.26. The summed E-state index contributed by atoms with van der Waals surface area (Å²) >= 11 is 1.55. The van der Waals surface area contributed by atoms with Gasteiger partial charge in [-0.1, -0.05) is 48.5 Å². The minimum Gasteiger partial charge on any atom is -0.496 e. The van der Waals surface area contributed by atoms with Gasteiger partial charge >= 0.3 is 0 Å². The predicted molar refractivity (Wildman–Crippen MR) is 99.5 cm³/mol. The van der Waals surface area contributed by atoms with E-state index in [1.54, 1.807) is 18.9 Å². The molecule has 122 valence electrons. The van der Waals surface area contributed by atoms with Gasteiger partial charge in [-0.05, 0) is 29.0 Å². The Labute approximate surface area is 146 Å². The summed E-state index contributed by atoms with van der Waals surface area (Å²) in [4.78, 5) is 13.2. The number of para-hydroxylation sites is 1. The van der Waals surface area contributed by atoms with Crippen LogP contribution in [0.15, 0.2) is 71.6 Å². The molecule has 0 spiro atoms. The number of hydrogen-bond acceptors (Lipinski definition) is 3. The quantitative estimate of drug-likeness (QED) is 0.683. The highest BCUT2D eigenvalue weighted by molar-refractivity contribution is 8.00. The van der Waals surface area contributed by atoms with E-state index in [1.165, 1.54) is 10.8 Å². The summed E-state index contributed by atoms with van der Waals surface area (Å²) < 4.78 is 5.29. The van der Waals surface area contributed by atoms with Crippen molar-refractivity contribution in [2.75, 3.05) is 12.9 Å². The molecule has 0 unspecified atom stereocenters. The topological polar surface area (TPSA) is 38.3 Å². The van der Waals surface area contributed by atoms with Crippen molar-refractivity contribution in [3.05, 3.63) is 72.3 Å². The third kappa shape index (κ3) is 4.09. The number of carbonyl (C=O) groups excluding carboxylic acids is 1. The van der Waals surface area contributed by atoms with Gasteiger partial charge in [0.1, 0.15) is 5.75 Å². The van der Waals surface area contributed by atoms with Gasteiger partial charge in [0.25, 0.3) is 0 Å². The summed E-state index contributed by atoms with van der Waals surface area (Å²) in [6.07, 6.45) is 0. The summed E-state index contributed by atoms with van der Waals surface area (Å²) in [5.41, 5.74) is 0.976. The largest absolute Gasteiger partial charge is 0.496 e. The lowest BCUT2D eigenvalue weighted by atomic mass is 10.1. The number of fused-ring (bicyclic) bond motifs is 1. The molecular weight excluding hydrogens is 318 g/mol. The zero-order valence-electron chi connectivity index (χ0n) is 13.5. The van der Waals surface area contributed by atoms with Crippen molar-refractivity contribution in [3.8, 4) is 5.75 Å². The fraction of sp³-hybridized carbons (Fsp3) is 0.150. The SMILES string of the molecule is COc1ccccc1CNC(=O)CSc1ccc2ccccc2c1. The number of ether oxygens (including phenoxy) is 1. The molecule has 0 aliphatic rings. The van der Waals surface area contributed by atoms with E-state index in [9.17, 15) is 4.79 Å². The molecule has 1 amide bonds. The maximum Gasteiger partial charge on any atom is 0.230 e. The van der Waals surface area contributed by atoms with Crippen molar-refractivity contribution in [1.82, 2.24) is 5.32 Å². The summed E-state index contributed by atoms with van der Waals surface area (Å²) in [6, 6.07) is 22.2. The summed E-state index contributed by atoms with van der Waals surface area (Å²) in [6.45, 7) is 0.473. The van der Waals surface area contributed by atoms with Crippen LogP contribution >= 0.6 is 11.8 Å². The van der Waals surface area contributed by atoms with E-state index < -0.39 is 0 Å². The van der Waals surface area contributed by atoms with Gasteiger partial charge in [-0.2, -0.15) is 0 Å². The van der Waals surface area contributed by atoms with Crippen LogP contribution in [0.25, 0.3) is 10.8 Å². The number of benzene rings is 3. The highest BCUT2D eigenvalue weighted by Crippen LogP contribution is 2.23. The second-order valence-corrected chi connectivity index (χ2v) is 6.43. The van der Waals surface area contributed by atoms with Gasteiger partial charge in [-0.25, -0.2) is 0 Å². The van der Waals surface area contributed by atoms with Gasteiger partial charge in [0.2, 0.25) is 5.91 Å². The number of amides is 1. The Bertz CT molecular complexity index is 848. The van der Waals surface area contributed by atoms with Crippen LogP contribution in [-0.2, 0) is 11.3 Å². The number of hydrogen-bond donors (Lipinski definition) is 1. The van der Waals surface area contributed by atoms with E-state index in [1.807, 2.05) is 36.4 Å². The van der Waals surface area contributed by atoms with Gasteiger partial charge in [0, 0.05) is 17.0 Å². The maximum absolute atomic E-state index is 12.1. The van der Waals surface area contributed by atoms with Crippen LogP contribution in [0.2, 0.25) is 0 Å². The lowest BCUT2D eigenvalue weighted by Crippen LogP contribution is -2.24. The van der Waals surface area contributed by atoms with Crippen LogP contribution in [0.4, 0.5) is 0 Å². The normalized spacial score (nSPS) is 10.5. The first kappa shape index (κ1) is 16.4. The third-order valence-corrected chi connectivity index (χ3v) is 4.75. The summed E-state index contributed by atoms with van der Waals surface area (Å²) in [5, 5.41) is 5.34. The molecule has 0 radical (unpaired) electrons. The van der Waals surface area contributed by atoms with E-state index in [-0.39, 0.29) is 5.91 Å². The first-order valence-electron chi connectivity index (χ1n) is 7.76. The molecule has 0 saturated carbocycles. The van der Waals surface area contributed by atoms with Crippen LogP contribution in [0.3, 0.4) is 0 Å². The van der Waals surface area contributed by atoms with E-state index in [0.717, 1.165) is 16.2 Å². The fourth-order valence-electron chi connectivity index (χ4n) is 2.50. The average molecular weight is 337 g/mol. The fourth-order valence-corrected chi connectivity index (χ4v) is 3.27. The summed E-state index contributed by atoms with van der Waals surface area (Å²) in [5.74, 6) is 1.20. The van der Waals surface area contributed by atoms with Crippen molar-refractivity contribution in [1.29, 1.82) is 0 Å².